The number of nitrogens with one attached hydrogen (secondary N) is 1. The number of carbonyl (C=O) groups excluding carboxylic acids is 2. The van der Waals surface area contributed by atoms with Crippen molar-refractivity contribution in [3.8, 4) is 5.75 Å². The lowest BCUT2D eigenvalue weighted by Crippen LogP contribution is -2.51. The van der Waals surface area contributed by atoms with E-state index >= 15 is 0 Å². The fourth-order valence-electron chi connectivity index (χ4n) is 3.82. The lowest BCUT2D eigenvalue weighted by molar-refractivity contribution is -0.308. The van der Waals surface area contributed by atoms with Gasteiger partial charge in [0.2, 0.25) is 0 Å². The first-order valence-corrected chi connectivity index (χ1v) is 9.94. The monoisotopic (exact) mass is 400 g/mol. The Morgan fingerprint density at radius 1 is 1.21 bits per heavy atom. The zero-order valence-electron chi connectivity index (χ0n) is 17.2. The minimum Gasteiger partial charge on any atom is -0.548 e. The second-order valence-corrected chi connectivity index (χ2v) is 8.11. The number of carboxylic acids is 1. The van der Waals surface area contributed by atoms with Crippen LogP contribution in [-0.4, -0.2) is 24.0 Å². The molecule has 0 fully saturated rings. The van der Waals surface area contributed by atoms with Crippen LogP contribution in [0.2, 0.25) is 0 Å². The van der Waals surface area contributed by atoms with Gasteiger partial charge in [0.1, 0.15) is 11.3 Å². The van der Waals surface area contributed by atoms with Gasteiger partial charge in [0.15, 0.2) is 6.10 Å². The number of hydrogen-bond donors (Lipinski definition) is 1. The van der Waals surface area contributed by atoms with Crippen LogP contribution < -0.4 is 20.8 Å². The summed E-state index contributed by atoms with van der Waals surface area (Å²) in [6.45, 7) is 7.15. The summed E-state index contributed by atoms with van der Waals surface area (Å²) < 4.78 is 11.4. The number of benzene rings is 1. The molecule has 0 radical (unpaired) electrons. The number of aliphatic carboxylic acids is 1. The Labute approximate surface area is 169 Å². The molecule has 29 heavy (non-hydrogen) atoms. The molecular weight excluding hydrogens is 374 g/mol. The molecule has 1 N–H and O–H groups in total. The van der Waals surface area contributed by atoms with Gasteiger partial charge in [-0.25, -0.2) is 4.79 Å². The molecule has 0 saturated heterocycles. The molecular formula is C22H26NO6-. The lowest BCUT2D eigenvalue weighted by atomic mass is 10.0. The molecule has 1 aliphatic rings. The summed E-state index contributed by atoms with van der Waals surface area (Å²) >= 11 is 0. The Kier molecular flexibility index (Phi) is 5.96. The molecule has 0 saturated carbocycles. The highest BCUT2D eigenvalue weighted by Crippen LogP contribution is 2.35. The number of carbonyl (C=O) groups is 2. The van der Waals surface area contributed by atoms with Crippen molar-refractivity contribution in [3.05, 3.63) is 39.2 Å². The van der Waals surface area contributed by atoms with E-state index in [1.165, 1.54) is 0 Å². The highest BCUT2D eigenvalue weighted by Gasteiger charge is 2.25. The van der Waals surface area contributed by atoms with Gasteiger partial charge in [0, 0.05) is 5.56 Å². The van der Waals surface area contributed by atoms with E-state index in [0.717, 1.165) is 24.0 Å². The van der Waals surface area contributed by atoms with Gasteiger partial charge in [-0.3, -0.25) is 4.79 Å². The Morgan fingerprint density at radius 3 is 2.55 bits per heavy atom. The van der Waals surface area contributed by atoms with E-state index in [0.29, 0.717) is 28.7 Å². The van der Waals surface area contributed by atoms with Crippen molar-refractivity contribution in [3.63, 3.8) is 0 Å². The molecule has 1 heterocycles. The molecule has 1 aliphatic carbocycles. The van der Waals surface area contributed by atoms with Crippen LogP contribution in [-0.2, 0) is 22.4 Å². The maximum absolute atomic E-state index is 12.6. The van der Waals surface area contributed by atoms with Crippen LogP contribution in [0, 0.1) is 12.8 Å². The highest BCUT2D eigenvalue weighted by atomic mass is 16.5. The molecule has 0 spiro atoms. The summed E-state index contributed by atoms with van der Waals surface area (Å²) in [5, 5.41) is 14.5. The Hall–Kier alpha value is -2.83. The quantitative estimate of drug-likeness (QED) is 0.708. The zero-order chi connectivity index (χ0) is 21.3. The third kappa shape index (κ3) is 4.44. The number of aryl methyl sites for hydroxylation is 2. The molecule has 3 rings (SSSR count). The Morgan fingerprint density at radius 2 is 1.90 bits per heavy atom. The summed E-state index contributed by atoms with van der Waals surface area (Å²) in [5.74, 6) is -1.32. The van der Waals surface area contributed by atoms with E-state index in [-0.39, 0.29) is 18.0 Å². The molecule has 1 aromatic carbocycles. The van der Waals surface area contributed by atoms with Crippen LogP contribution in [0.4, 0.5) is 0 Å². The van der Waals surface area contributed by atoms with Gasteiger partial charge in [-0.15, -0.1) is 0 Å². The van der Waals surface area contributed by atoms with Crippen molar-refractivity contribution in [2.75, 3.05) is 0 Å². The van der Waals surface area contributed by atoms with Crippen LogP contribution in [0.15, 0.2) is 21.3 Å². The van der Waals surface area contributed by atoms with Gasteiger partial charge in [0.05, 0.1) is 17.4 Å². The number of hydrogen-bond acceptors (Lipinski definition) is 6. The molecule has 2 atom stereocenters. The fourth-order valence-corrected chi connectivity index (χ4v) is 3.82. The smallest absolute Gasteiger partial charge is 0.339 e. The number of rotatable bonds is 7. The van der Waals surface area contributed by atoms with E-state index in [1.807, 2.05) is 20.8 Å². The molecule has 0 aliphatic heterocycles. The van der Waals surface area contributed by atoms with Crippen LogP contribution in [0.3, 0.4) is 0 Å². The molecule has 1 aromatic heterocycles. The molecule has 2 aromatic rings. The van der Waals surface area contributed by atoms with Crippen LogP contribution in [0.5, 0.6) is 5.75 Å². The minimum absolute atomic E-state index is 0.0839. The van der Waals surface area contributed by atoms with Gasteiger partial charge < -0.3 is 24.4 Å². The SMILES string of the molecule is Cc1cc(O[C@H](C)C(=O)N[C@@H](CC(C)C)C(=O)[O-])c2c3c(c(=O)oc2c1)CCC3. The number of ether oxygens (including phenoxy) is 1. The first-order valence-electron chi connectivity index (χ1n) is 9.94. The highest BCUT2D eigenvalue weighted by molar-refractivity contribution is 5.90. The number of fused-ring (bicyclic) bond motifs is 3. The average molecular weight is 400 g/mol. The predicted molar refractivity (Wildman–Crippen MR) is 106 cm³/mol. The van der Waals surface area contributed by atoms with Crippen LogP contribution in [0.25, 0.3) is 11.0 Å². The number of amides is 1. The van der Waals surface area contributed by atoms with E-state index < -0.39 is 24.0 Å². The zero-order valence-corrected chi connectivity index (χ0v) is 17.2. The molecule has 0 unspecified atom stereocenters. The van der Waals surface area contributed by atoms with Crippen molar-refractivity contribution in [1.29, 1.82) is 0 Å². The first-order chi connectivity index (χ1) is 13.7. The number of carboxylic acid groups (broad SMARTS) is 1. The normalized spacial score (nSPS) is 15.2. The van der Waals surface area contributed by atoms with E-state index in [2.05, 4.69) is 5.32 Å². The van der Waals surface area contributed by atoms with Gasteiger partial charge in [-0.1, -0.05) is 13.8 Å². The summed E-state index contributed by atoms with van der Waals surface area (Å²) in [7, 11) is 0. The van der Waals surface area contributed by atoms with Crippen molar-refractivity contribution < 1.29 is 23.8 Å². The Balaban J connectivity index is 1.89. The molecule has 7 heteroatoms. The van der Waals surface area contributed by atoms with E-state index in [9.17, 15) is 19.5 Å². The maximum Gasteiger partial charge on any atom is 0.339 e. The van der Waals surface area contributed by atoms with Crippen molar-refractivity contribution in [2.24, 2.45) is 5.92 Å². The van der Waals surface area contributed by atoms with E-state index in [1.54, 1.807) is 19.1 Å². The summed E-state index contributed by atoms with van der Waals surface area (Å²) in [5.41, 5.74) is 2.51. The molecule has 7 nitrogen and oxygen atoms in total. The summed E-state index contributed by atoms with van der Waals surface area (Å²) in [4.78, 5) is 36.1. The van der Waals surface area contributed by atoms with Crippen molar-refractivity contribution in [1.82, 2.24) is 5.32 Å². The maximum atomic E-state index is 12.6. The molecule has 0 bridgehead atoms. The first kappa shape index (κ1) is 20.9. The second-order valence-electron chi connectivity index (χ2n) is 8.11. The summed E-state index contributed by atoms with van der Waals surface area (Å²) in [6, 6.07) is 2.50. The van der Waals surface area contributed by atoms with Gasteiger partial charge in [0.25, 0.3) is 5.91 Å². The van der Waals surface area contributed by atoms with E-state index in [4.69, 9.17) is 9.15 Å². The fraction of sp³-hybridized carbons (Fsp3) is 0.500. The average Bonchev–Trinajstić information content (AvgIpc) is 3.10. The predicted octanol–water partition coefficient (Wildman–Crippen LogP) is 1.64. The largest absolute Gasteiger partial charge is 0.548 e. The van der Waals surface area contributed by atoms with Gasteiger partial charge in [-0.2, -0.15) is 0 Å². The van der Waals surface area contributed by atoms with Crippen LogP contribution >= 0.6 is 0 Å². The molecule has 1 amide bonds. The minimum atomic E-state index is -1.32. The third-order valence-corrected chi connectivity index (χ3v) is 5.16. The van der Waals surface area contributed by atoms with Gasteiger partial charge >= 0.3 is 5.63 Å². The standard InChI is InChI=1S/C22H27NO6/c1-11(2)8-16(21(25)26)23-20(24)13(4)28-17-9-12(3)10-18-19(17)14-6-5-7-15(14)22(27)29-18/h9-11,13,16H,5-8H2,1-4H3,(H,23,24)(H,25,26)/p-1/t13-,16+/m1/s1. The lowest BCUT2D eigenvalue weighted by Gasteiger charge is -2.24. The van der Waals surface area contributed by atoms with Crippen molar-refractivity contribution >= 4 is 22.8 Å². The van der Waals surface area contributed by atoms with Gasteiger partial charge in [-0.05, 0) is 68.7 Å². The topological polar surface area (TPSA) is 109 Å². The molecule has 156 valence electrons. The van der Waals surface area contributed by atoms with Crippen molar-refractivity contribution in [2.45, 2.75) is 65.5 Å². The Bertz CT molecular complexity index is 1010. The second kappa shape index (κ2) is 8.27. The van der Waals surface area contributed by atoms with Crippen LogP contribution in [0.1, 0.15) is 50.3 Å². The summed E-state index contributed by atoms with van der Waals surface area (Å²) in [6.07, 6.45) is 1.62. The third-order valence-electron chi connectivity index (χ3n) is 5.16.